The Morgan fingerprint density at radius 1 is 1.34 bits per heavy atom. The van der Waals surface area contributed by atoms with Crippen molar-refractivity contribution in [2.24, 2.45) is 10.7 Å². The minimum absolute atomic E-state index is 0.0266. The van der Waals surface area contributed by atoms with Gasteiger partial charge in [0.25, 0.3) is 11.9 Å². The van der Waals surface area contributed by atoms with Crippen LogP contribution >= 0.6 is 0 Å². The van der Waals surface area contributed by atoms with E-state index in [1.54, 1.807) is 0 Å². The highest BCUT2D eigenvalue weighted by molar-refractivity contribution is 6.02. The zero-order chi connectivity index (χ0) is 23.7. The second-order valence-electron chi connectivity index (χ2n) is 7.03. The topological polar surface area (TPSA) is 123 Å². The van der Waals surface area contributed by atoms with Crippen LogP contribution in [0.2, 0.25) is 0 Å². The van der Waals surface area contributed by atoms with Gasteiger partial charge in [0.05, 0.1) is 5.56 Å². The minimum atomic E-state index is -4.87. The predicted molar refractivity (Wildman–Crippen MR) is 104 cm³/mol. The number of amidine groups is 1. The summed E-state index contributed by atoms with van der Waals surface area (Å²) in [6.07, 6.45) is -7.93. The van der Waals surface area contributed by atoms with Crippen molar-refractivity contribution in [3.05, 3.63) is 59.2 Å². The molecule has 3 atom stereocenters. The maximum Gasteiger partial charge on any atom is 0.428 e. The number of carbonyl (C=O) groups excluding carboxylic acids is 1. The number of alkyl halides is 3. The lowest BCUT2D eigenvalue weighted by Crippen LogP contribution is -2.58. The Morgan fingerprint density at radius 3 is 2.62 bits per heavy atom. The van der Waals surface area contributed by atoms with Crippen LogP contribution in [0.25, 0.3) is 0 Å². The van der Waals surface area contributed by atoms with E-state index in [-0.39, 0.29) is 22.5 Å². The zero-order valence-electron chi connectivity index (χ0n) is 16.8. The molecule has 2 heterocycles. The lowest BCUT2D eigenvalue weighted by atomic mass is 9.82. The maximum absolute atomic E-state index is 14.8. The Labute approximate surface area is 179 Å². The fourth-order valence-electron chi connectivity index (χ4n) is 3.39. The van der Waals surface area contributed by atoms with Gasteiger partial charge < -0.3 is 20.5 Å². The lowest BCUT2D eigenvalue weighted by Gasteiger charge is -2.42. The van der Waals surface area contributed by atoms with Crippen molar-refractivity contribution in [3.8, 4) is 6.07 Å². The summed E-state index contributed by atoms with van der Waals surface area (Å²) in [4.78, 5) is 20.2. The zero-order valence-corrected chi connectivity index (χ0v) is 16.8. The van der Waals surface area contributed by atoms with Crippen LogP contribution in [-0.2, 0) is 15.0 Å². The van der Waals surface area contributed by atoms with E-state index in [4.69, 9.17) is 15.7 Å². The van der Waals surface area contributed by atoms with Crippen molar-refractivity contribution >= 4 is 17.6 Å². The summed E-state index contributed by atoms with van der Waals surface area (Å²) >= 11 is 0. The van der Waals surface area contributed by atoms with E-state index >= 15 is 0 Å². The fraction of sp³-hybridized carbons (Fsp3) is 0.300. The summed E-state index contributed by atoms with van der Waals surface area (Å²) < 4.78 is 64.9. The third-order valence-electron chi connectivity index (χ3n) is 4.89. The van der Waals surface area contributed by atoms with Crippen molar-refractivity contribution in [1.29, 1.82) is 5.26 Å². The summed E-state index contributed by atoms with van der Waals surface area (Å²) in [5.41, 5.74) is 3.54. The SMILES string of the molecule is CO[C@H]1[C@@H](C(F)(F)F)OC(N)=N[C@]1(C)c1cc(NC(=O)c2ccc(C#N)cn2)ccc1F. The van der Waals surface area contributed by atoms with E-state index in [1.165, 1.54) is 31.3 Å². The molecule has 0 fully saturated rings. The molecule has 1 aliphatic rings. The van der Waals surface area contributed by atoms with Crippen molar-refractivity contribution in [2.75, 3.05) is 12.4 Å². The van der Waals surface area contributed by atoms with Gasteiger partial charge in [0, 0.05) is 24.6 Å². The van der Waals surface area contributed by atoms with Gasteiger partial charge in [-0.15, -0.1) is 0 Å². The monoisotopic (exact) mass is 451 g/mol. The van der Waals surface area contributed by atoms with Crippen LogP contribution in [0.15, 0.2) is 41.5 Å². The maximum atomic E-state index is 14.8. The molecule has 0 bridgehead atoms. The number of aliphatic imine (C=N–C) groups is 1. The van der Waals surface area contributed by atoms with Crippen molar-refractivity contribution in [1.82, 2.24) is 4.98 Å². The Morgan fingerprint density at radius 2 is 2.06 bits per heavy atom. The van der Waals surface area contributed by atoms with E-state index in [0.717, 1.165) is 19.2 Å². The quantitative estimate of drug-likeness (QED) is 0.690. The van der Waals surface area contributed by atoms with Gasteiger partial charge in [0.15, 0.2) is 0 Å². The van der Waals surface area contributed by atoms with Crippen LogP contribution in [0, 0.1) is 17.1 Å². The number of halogens is 4. The number of carbonyl (C=O) groups is 1. The van der Waals surface area contributed by atoms with Gasteiger partial charge in [0.1, 0.15) is 29.2 Å². The average Bonchev–Trinajstić information content (AvgIpc) is 2.74. The Bertz CT molecular complexity index is 1100. The van der Waals surface area contributed by atoms with Crippen LogP contribution in [0.3, 0.4) is 0 Å². The van der Waals surface area contributed by atoms with Crippen molar-refractivity contribution < 1.29 is 31.8 Å². The highest BCUT2D eigenvalue weighted by Crippen LogP contribution is 2.43. The molecular formula is C20H17F4N5O3. The number of benzene rings is 1. The molecule has 1 aromatic heterocycles. The van der Waals surface area contributed by atoms with Gasteiger partial charge in [-0.1, -0.05) is 0 Å². The molecule has 0 saturated heterocycles. The Kier molecular flexibility index (Phi) is 6.05. The summed E-state index contributed by atoms with van der Waals surface area (Å²) in [5, 5.41) is 11.3. The molecule has 32 heavy (non-hydrogen) atoms. The first kappa shape index (κ1) is 23.0. The standard InChI is InChI=1S/C20H17F4N5O3/c1-19(15(31-2)16(20(22,23)24)32-18(26)29-19)12-7-11(4-5-13(12)21)28-17(30)14-6-3-10(8-25)9-27-14/h3-7,9,15-16H,1-2H3,(H2,26,29)(H,28,30)/t15-,16-,19+/m0/s1. The molecule has 1 amide bonds. The highest BCUT2D eigenvalue weighted by Gasteiger charge is 2.58. The lowest BCUT2D eigenvalue weighted by molar-refractivity contribution is -0.243. The van der Waals surface area contributed by atoms with Gasteiger partial charge in [-0.25, -0.2) is 14.4 Å². The fourth-order valence-corrected chi connectivity index (χ4v) is 3.39. The summed E-state index contributed by atoms with van der Waals surface area (Å²) in [5.74, 6) is -1.56. The van der Waals surface area contributed by atoms with E-state index in [0.29, 0.717) is 0 Å². The largest absolute Gasteiger partial charge is 0.449 e. The smallest absolute Gasteiger partial charge is 0.428 e. The number of pyridine rings is 1. The van der Waals surface area contributed by atoms with Gasteiger partial charge in [0.2, 0.25) is 6.10 Å². The molecule has 168 valence electrons. The minimum Gasteiger partial charge on any atom is -0.449 e. The highest BCUT2D eigenvalue weighted by atomic mass is 19.4. The molecule has 2 aromatic rings. The summed E-state index contributed by atoms with van der Waals surface area (Å²) in [6.45, 7) is 1.22. The number of anilines is 1. The summed E-state index contributed by atoms with van der Waals surface area (Å²) in [7, 11) is 1.02. The first-order valence-electron chi connectivity index (χ1n) is 9.08. The molecule has 0 spiro atoms. The molecule has 3 N–H and O–H groups in total. The molecule has 0 aliphatic carbocycles. The van der Waals surface area contributed by atoms with E-state index in [1.807, 2.05) is 6.07 Å². The van der Waals surface area contributed by atoms with Crippen LogP contribution in [-0.4, -0.2) is 42.4 Å². The number of methoxy groups -OCH3 is 1. The number of amides is 1. The number of ether oxygens (including phenoxy) is 2. The molecule has 1 aliphatic heterocycles. The number of hydrogen-bond acceptors (Lipinski definition) is 7. The predicted octanol–water partition coefficient (Wildman–Crippen LogP) is 2.85. The normalized spacial score (nSPS) is 23.0. The molecule has 0 unspecified atom stereocenters. The van der Waals surface area contributed by atoms with E-state index in [9.17, 15) is 22.4 Å². The third-order valence-corrected chi connectivity index (χ3v) is 4.89. The first-order chi connectivity index (χ1) is 15.0. The van der Waals surface area contributed by atoms with Gasteiger partial charge in [-0.05, 0) is 37.3 Å². The number of nitrogens with one attached hydrogen (secondary N) is 1. The Balaban J connectivity index is 1.99. The number of aromatic nitrogens is 1. The summed E-state index contributed by atoms with van der Waals surface area (Å²) in [6, 6.07) is 7.12. The number of nitriles is 1. The third kappa shape index (κ3) is 4.33. The van der Waals surface area contributed by atoms with Gasteiger partial charge >= 0.3 is 6.18 Å². The van der Waals surface area contributed by atoms with Crippen molar-refractivity contribution in [2.45, 2.75) is 30.8 Å². The number of hydrogen-bond donors (Lipinski definition) is 2. The second kappa shape index (κ2) is 8.43. The van der Waals surface area contributed by atoms with Crippen molar-refractivity contribution in [3.63, 3.8) is 0 Å². The number of rotatable bonds is 4. The van der Waals surface area contributed by atoms with Crippen LogP contribution in [0.4, 0.5) is 23.2 Å². The van der Waals surface area contributed by atoms with Crippen LogP contribution < -0.4 is 11.1 Å². The molecule has 12 heteroatoms. The number of nitrogens with two attached hydrogens (primary N) is 1. The molecule has 0 saturated carbocycles. The average molecular weight is 451 g/mol. The van der Waals surface area contributed by atoms with Crippen LogP contribution in [0.5, 0.6) is 0 Å². The Hall–Kier alpha value is -3.72. The van der Waals surface area contributed by atoms with Gasteiger partial charge in [-0.2, -0.15) is 18.4 Å². The van der Waals surface area contributed by atoms with Gasteiger partial charge in [-0.3, -0.25) is 4.79 Å². The molecule has 3 rings (SSSR count). The second-order valence-corrected chi connectivity index (χ2v) is 7.03. The van der Waals surface area contributed by atoms with E-state index < -0.39 is 41.7 Å². The first-order valence-corrected chi connectivity index (χ1v) is 9.08. The van der Waals surface area contributed by atoms with E-state index in [2.05, 4.69) is 20.0 Å². The molecule has 1 aromatic carbocycles. The molecule has 0 radical (unpaired) electrons. The van der Waals surface area contributed by atoms with Crippen LogP contribution in [0.1, 0.15) is 28.5 Å². The number of nitrogens with zero attached hydrogens (tertiary/aromatic N) is 3. The molecule has 8 nitrogen and oxygen atoms in total. The molecular weight excluding hydrogens is 434 g/mol.